The van der Waals surface area contributed by atoms with E-state index in [2.05, 4.69) is 60.3 Å². The van der Waals surface area contributed by atoms with Crippen LogP contribution in [0.2, 0.25) is 0 Å². The summed E-state index contributed by atoms with van der Waals surface area (Å²) in [5, 5.41) is 12.6. The molecule has 2 spiro atoms. The zero-order valence-corrected chi connectivity index (χ0v) is 31.4. The molecule has 0 bridgehead atoms. The van der Waals surface area contributed by atoms with Crippen molar-refractivity contribution in [3.8, 4) is 0 Å². The summed E-state index contributed by atoms with van der Waals surface area (Å²) in [6.45, 7) is 24.5. The number of hydrogen-bond donors (Lipinski definition) is 1. The molecule has 4 unspecified atom stereocenters. The molecule has 1 N–H and O–H groups in total. The molecule has 272 valence electrons. The Hall–Kier alpha value is -0.770. The van der Waals surface area contributed by atoms with E-state index in [-0.39, 0.29) is 58.3 Å². The average Bonchev–Trinajstić information content (AvgIpc) is 3.61. The van der Waals surface area contributed by atoms with Gasteiger partial charge in [0.1, 0.15) is 6.10 Å². The van der Waals surface area contributed by atoms with Crippen molar-refractivity contribution in [2.24, 2.45) is 56.2 Å². The number of aliphatic hydroxyl groups is 1. The summed E-state index contributed by atoms with van der Waals surface area (Å²) in [5.41, 5.74) is 0.279. The Bertz CT molecular complexity index is 1280. The lowest BCUT2D eigenvalue weighted by Crippen LogP contribution is -2.60. The Morgan fingerprint density at radius 2 is 1.71 bits per heavy atom. The summed E-state index contributed by atoms with van der Waals surface area (Å²) in [6.07, 6.45) is 8.09. The lowest BCUT2D eigenvalue weighted by atomic mass is 9.41. The van der Waals surface area contributed by atoms with Crippen LogP contribution in [0.3, 0.4) is 0 Å². The fourth-order valence-electron chi connectivity index (χ4n) is 14.4. The Kier molecular flexibility index (Phi) is 7.95. The summed E-state index contributed by atoms with van der Waals surface area (Å²) in [6, 6.07) is 0.519. The molecule has 0 aromatic heterocycles. The van der Waals surface area contributed by atoms with Crippen molar-refractivity contribution in [2.45, 2.75) is 157 Å². The Labute approximate surface area is 289 Å². The molecule has 0 radical (unpaired) electrons. The summed E-state index contributed by atoms with van der Waals surface area (Å²) >= 11 is 0. The number of ether oxygens (including phenoxy) is 5. The number of aliphatic hydroxyl groups excluding tert-OH is 1. The van der Waals surface area contributed by atoms with Gasteiger partial charge in [0.25, 0.3) is 0 Å². The zero-order chi connectivity index (χ0) is 34.2. The van der Waals surface area contributed by atoms with Crippen LogP contribution >= 0.6 is 0 Å². The fraction of sp³-hybridized carbons (Fsp3) is 0.975. The number of fused-ring (bicyclic) bond motifs is 4. The van der Waals surface area contributed by atoms with Crippen molar-refractivity contribution in [2.75, 3.05) is 32.9 Å². The van der Waals surface area contributed by atoms with Gasteiger partial charge in [-0.25, -0.2) is 0 Å². The molecular weight excluding hydrogens is 606 g/mol. The van der Waals surface area contributed by atoms with Gasteiger partial charge in [-0.1, -0.05) is 55.4 Å². The molecule has 0 aromatic rings. The number of rotatable bonds is 5. The largest absolute Gasteiger partial charge is 0.459 e. The Morgan fingerprint density at radius 3 is 2.38 bits per heavy atom. The van der Waals surface area contributed by atoms with Gasteiger partial charge in [-0.3, -0.25) is 9.69 Å². The maximum atomic E-state index is 12.6. The smallest absolute Gasteiger partial charge is 0.303 e. The van der Waals surface area contributed by atoms with Gasteiger partial charge < -0.3 is 28.8 Å². The van der Waals surface area contributed by atoms with Crippen LogP contribution in [0.15, 0.2) is 0 Å². The number of carbonyl (C=O) groups is 1. The minimum atomic E-state index is -0.521. The van der Waals surface area contributed by atoms with Crippen LogP contribution in [0.1, 0.15) is 114 Å². The fourth-order valence-corrected chi connectivity index (χ4v) is 14.4. The van der Waals surface area contributed by atoms with Crippen LogP contribution in [0, 0.1) is 56.2 Å². The second-order valence-electron chi connectivity index (χ2n) is 20.1. The summed E-state index contributed by atoms with van der Waals surface area (Å²) in [7, 11) is 0. The first kappa shape index (κ1) is 34.3. The lowest BCUT2D eigenvalue weighted by Gasteiger charge is -2.64. The van der Waals surface area contributed by atoms with Crippen molar-refractivity contribution in [3.63, 3.8) is 0 Å². The quantitative estimate of drug-likeness (QED) is 0.345. The van der Waals surface area contributed by atoms with E-state index in [9.17, 15) is 9.90 Å². The molecule has 5 aliphatic carbocycles. The standard InChI is InChI=1S/C40H65NO7/c1-23-18-26(34(35(3,4)5)46-24(2)42)47-32-31(23)37(8)14-15-40-22-39(40)13-12-29(48-30-19-41(16-17-45-30)25-20-44-21-25)36(6,7)27(39)10-11-28(40)38(37,9)33(32)43/h23,25-34,43H,10-22H2,1-9H3/t23-,26?,27+,28+,29+,30+,31?,32?,33+,34?,37-,38-,39-,40-/m1/s1. The molecule has 48 heavy (non-hydrogen) atoms. The van der Waals surface area contributed by atoms with Crippen molar-refractivity contribution >= 4 is 5.97 Å². The van der Waals surface area contributed by atoms with Gasteiger partial charge in [-0.2, -0.15) is 0 Å². The van der Waals surface area contributed by atoms with Gasteiger partial charge in [-0.05, 0) is 96.7 Å². The van der Waals surface area contributed by atoms with E-state index in [0.717, 1.165) is 52.2 Å². The second-order valence-corrected chi connectivity index (χ2v) is 20.1. The molecule has 3 heterocycles. The molecule has 3 saturated heterocycles. The molecule has 8 aliphatic rings. The van der Waals surface area contributed by atoms with Gasteiger partial charge in [0.2, 0.25) is 0 Å². The van der Waals surface area contributed by atoms with Crippen LogP contribution < -0.4 is 0 Å². The minimum absolute atomic E-state index is 0.0121. The molecular formula is C40H65NO7. The predicted octanol–water partition coefficient (Wildman–Crippen LogP) is 6.22. The van der Waals surface area contributed by atoms with Crippen LogP contribution in [0.4, 0.5) is 0 Å². The maximum absolute atomic E-state index is 12.6. The average molecular weight is 672 g/mol. The highest BCUT2D eigenvalue weighted by Crippen LogP contribution is 2.89. The second kappa shape index (κ2) is 11.1. The third-order valence-electron chi connectivity index (χ3n) is 16.8. The summed E-state index contributed by atoms with van der Waals surface area (Å²) in [5.74, 6) is 1.55. The number of carbonyl (C=O) groups excluding carboxylic acids is 1. The zero-order valence-electron chi connectivity index (χ0n) is 31.4. The molecule has 3 aliphatic heterocycles. The van der Waals surface area contributed by atoms with Crippen molar-refractivity contribution in [1.29, 1.82) is 0 Å². The SMILES string of the molecule is CC(=O)OC(C1C[C@@H](C)C2C(O1)[C@H](O)[C@@]1(C)[C@@H]3CC[C@H]4C(C)(C)[C@@H](O[C@H]5CN(C6COC6)CCO5)CC[C@@]45C[C@]35CC[C@]21C)C(C)(C)C. The first-order valence-corrected chi connectivity index (χ1v) is 19.6. The van der Waals surface area contributed by atoms with Crippen LogP contribution in [0.25, 0.3) is 0 Å². The van der Waals surface area contributed by atoms with Crippen molar-refractivity contribution in [1.82, 2.24) is 4.90 Å². The highest BCUT2D eigenvalue weighted by molar-refractivity contribution is 5.66. The number of nitrogens with zero attached hydrogens (tertiary/aromatic N) is 1. The number of morpholine rings is 1. The van der Waals surface area contributed by atoms with Crippen molar-refractivity contribution in [3.05, 3.63) is 0 Å². The maximum Gasteiger partial charge on any atom is 0.303 e. The molecule has 0 aromatic carbocycles. The van der Waals surface area contributed by atoms with Gasteiger partial charge in [-0.15, -0.1) is 0 Å². The van der Waals surface area contributed by atoms with E-state index < -0.39 is 6.10 Å². The van der Waals surface area contributed by atoms with E-state index >= 15 is 0 Å². The molecule has 0 amide bonds. The molecule has 8 heteroatoms. The third-order valence-corrected chi connectivity index (χ3v) is 16.8. The predicted molar refractivity (Wildman–Crippen MR) is 182 cm³/mol. The lowest BCUT2D eigenvalue weighted by molar-refractivity contribution is -0.256. The van der Waals surface area contributed by atoms with E-state index in [1.54, 1.807) is 0 Å². The van der Waals surface area contributed by atoms with Gasteiger partial charge in [0, 0.05) is 24.3 Å². The van der Waals surface area contributed by atoms with Crippen molar-refractivity contribution < 1.29 is 33.6 Å². The molecule has 14 atom stereocenters. The van der Waals surface area contributed by atoms with E-state index in [1.165, 1.54) is 39.0 Å². The first-order valence-electron chi connectivity index (χ1n) is 19.6. The Balaban J connectivity index is 1.03. The first-order chi connectivity index (χ1) is 22.5. The topological polar surface area (TPSA) is 86.7 Å². The Morgan fingerprint density at radius 1 is 1.00 bits per heavy atom. The van der Waals surface area contributed by atoms with E-state index in [1.807, 2.05) is 0 Å². The van der Waals surface area contributed by atoms with Crippen LogP contribution in [-0.4, -0.2) is 91.7 Å². The highest BCUT2D eigenvalue weighted by atomic mass is 16.7. The minimum Gasteiger partial charge on any atom is -0.459 e. The van der Waals surface area contributed by atoms with E-state index in [4.69, 9.17) is 23.7 Å². The van der Waals surface area contributed by atoms with Crippen LogP contribution in [0.5, 0.6) is 0 Å². The monoisotopic (exact) mass is 671 g/mol. The number of hydrogen-bond acceptors (Lipinski definition) is 8. The van der Waals surface area contributed by atoms with Gasteiger partial charge in [0.15, 0.2) is 6.29 Å². The van der Waals surface area contributed by atoms with E-state index in [0.29, 0.717) is 40.5 Å². The normalized spacial score (nSPS) is 52.1. The molecule has 8 rings (SSSR count). The summed E-state index contributed by atoms with van der Waals surface area (Å²) in [4.78, 5) is 14.7. The molecule has 5 saturated carbocycles. The number of esters is 1. The highest BCUT2D eigenvalue weighted by Gasteiger charge is 2.84. The van der Waals surface area contributed by atoms with Gasteiger partial charge >= 0.3 is 5.97 Å². The molecule has 8 fully saturated rings. The van der Waals surface area contributed by atoms with Crippen LogP contribution in [-0.2, 0) is 28.5 Å². The summed E-state index contributed by atoms with van der Waals surface area (Å²) < 4.78 is 31.6. The molecule has 8 nitrogen and oxygen atoms in total. The third kappa shape index (κ3) is 4.56. The van der Waals surface area contributed by atoms with Gasteiger partial charge in [0.05, 0.1) is 56.8 Å².